The third-order valence-corrected chi connectivity index (χ3v) is 4.58. The molecule has 1 fully saturated rings. The maximum absolute atomic E-state index is 12.2. The molecule has 1 heterocycles. The van der Waals surface area contributed by atoms with E-state index in [-0.39, 0.29) is 12.5 Å². The fourth-order valence-corrected chi connectivity index (χ4v) is 3.06. The number of ether oxygens (including phenoxy) is 4. The van der Waals surface area contributed by atoms with Crippen LogP contribution in [0.25, 0.3) is 0 Å². The first-order valence-electron chi connectivity index (χ1n) is 8.53. The predicted molar refractivity (Wildman–Crippen MR) is 91.1 cm³/mol. The lowest BCUT2D eigenvalue weighted by atomic mass is 9.85. The van der Waals surface area contributed by atoms with Gasteiger partial charge in [-0.3, -0.25) is 9.59 Å². The Bertz CT molecular complexity index is 657. The van der Waals surface area contributed by atoms with Crippen molar-refractivity contribution in [1.82, 2.24) is 0 Å². The van der Waals surface area contributed by atoms with Gasteiger partial charge in [-0.05, 0) is 18.6 Å². The number of benzene rings is 1. The van der Waals surface area contributed by atoms with Gasteiger partial charge in [-0.1, -0.05) is 32.0 Å². The van der Waals surface area contributed by atoms with Gasteiger partial charge < -0.3 is 18.9 Å². The molecule has 7 nitrogen and oxygen atoms in total. The van der Waals surface area contributed by atoms with Gasteiger partial charge in [0.25, 0.3) is 0 Å². The second-order valence-electron chi connectivity index (χ2n) is 6.32. The minimum Gasteiger partial charge on any atom is -0.459 e. The first-order chi connectivity index (χ1) is 12.3. The molecule has 0 radical (unpaired) electrons. The van der Waals surface area contributed by atoms with Crippen LogP contribution in [0, 0.1) is 5.92 Å². The molecule has 4 atom stereocenters. The van der Waals surface area contributed by atoms with Gasteiger partial charge >= 0.3 is 17.9 Å². The predicted octanol–water partition coefficient (Wildman–Crippen LogP) is 2.48. The van der Waals surface area contributed by atoms with E-state index in [4.69, 9.17) is 18.9 Å². The summed E-state index contributed by atoms with van der Waals surface area (Å²) in [7, 11) is 0. The number of hydrogen-bond acceptors (Lipinski definition) is 7. The van der Waals surface area contributed by atoms with Crippen molar-refractivity contribution < 1.29 is 33.3 Å². The molecule has 0 N–H and O–H groups in total. The topological polar surface area (TPSA) is 88.1 Å². The molecule has 1 aromatic carbocycles. The van der Waals surface area contributed by atoms with Crippen LogP contribution in [0.5, 0.6) is 0 Å². The van der Waals surface area contributed by atoms with Gasteiger partial charge in [0.2, 0.25) is 6.29 Å². The average Bonchev–Trinajstić information content (AvgIpc) is 2.85. The van der Waals surface area contributed by atoms with E-state index >= 15 is 0 Å². The third kappa shape index (κ3) is 4.40. The Morgan fingerprint density at radius 1 is 1.08 bits per heavy atom. The minimum absolute atomic E-state index is 0.0477. The Balaban J connectivity index is 2.15. The van der Waals surface area contributed by atoms with E-state index in [9.17, 15) is 14.4 Å². The molecule has 0 saturated carbocycles. The molecule has 1 aliphatic rings. The Morgan fingerprint density at radius 2 is 1.69 bits per heavy atom. The van der Waals surface area contributed by atoms with Crippen molar-refractivity contribution in [3.63, 3.8) is 0 Å². The zero-order valence-corrected chi connectivity index (χ0v) is 15.4. The Labute approximate surface area is 152 Å². The molecule has 26 heavy (non-hydrogen) atoms. The van der Waals surface area contributed by atoms with Crippen LogP contribution in [0.15, 0.2) is 30.3 Å². The lowest BCUT2D eigenvalue weighted by Gasteiger charge is -2.31. The fraction of sp³-hybridized carbons (Fsp3) is 0.526. The van der Waals surface area contributed by atoms with Crippen LogP contribution in [0.4, 0.5) is 0 Å². The van der Waals surface area contributed by atoms with Crippen LogP contribution >= 0.6 is 0 Å². The largest absolute Gasteiger partial charge is 0.459 e. The van der Waals surface area contributed by atoms with Crippen LogP contribution in [0.3, 0.4) is 0 Å². The Hall–Kier alpha value is -2.41. The maximum Gasteiger partial charge on any atom is 0.338 e. The Morgan fingerprint density at radius 3 is 2.23 bits per heavy atom. The normalized spacial score (nSPS) is 27.6. The number of carbonyl (C=O) groups excluding carboxylic acids is 3. The first-order valence-corrected chi connectivity index (χ1v) is 8.53. The van der Waals surface area contributed by atoms with Gasteiger partial charge in [-0.25, -0.2) is 4.79 Å². The van der Waals surface area contributed by atoms with Crippen molar-refractivity contribution in [2.45, 2.75) is 52.1 Å². The molecule has 0 amide bonds. The first kappa shape index (κ1) is 19.9. The molecular weight excluding hydrogens is 340 g/mol. The van der Waals surface area contributed by atoms with Crippen LogP contribution in [-0.4, -0.2) is 42.5 Å². The zero-order chi connectivity index (χ0) is 19.3. The molecule has 1 aromatic rings. The lowest BCUT2D eigenvalue weighted by molar-refractivity contribution is -0.208. The quantitative estimate of drug-likeness (QED) is 0.566. The summed E-state index contributed by atoms with van der Waals surface area (Å²) in [4.78, 5) is 35.0. The van der Waals surface area contributed by atoms with E-state index in [1.807, 2.05) is 13.8 Å². The van der Waals surface area contributed by atoms with Crippen molar-refractivity contribution in [3.05, 3.63) is 35.9 Å². The zero-order valence-electron chi connectivity index (χ0n) is 15.4. The molecule has 0 unspecified atom stereocenters. The molecule has 7 heteroatoms. The minimum atomic E-state index is -1.04. The van der Waals surface area contributed by atoms with E-state index in [2.05, 4.69) is 0 Å². The van der Waals surface area contributed by atoms with Crippen LogP contribution < -0.4 is 0 Å². The summed E-state index contributed by atoms with van der Waals surface area (Å²) < 4.78 is 21.8. The second-order valence-corrected chi connectivity index (χ2v) is 6.32. The van der Waals surface area contributed by atoms with Gasteiger partial charge in [0.15, 0.2) is 6.10 Å². The molecule has 0 bridgehead atoms. The molecule has 1 saturated heterocycles. The summed E-state index contributed by atoms with van der Waals surface area (Å²) in [6.07, 6.45) is -1.33. The average molecular weight is 364 g/mol. The van der Waals surface area contributed by atoms with Crippen molar-refractivity contribution in [2.75, 3.05) is 6.61 Å². The Kier molecular flexibility index (Phi) is 6.37. The van der Waals surface area contributed by atoms with Gasteiger partial charge in [0.05, 0.1) is 5.56 Å². The van der Waals surface area contributed by atoms with E-state index < -0.39 is 35.9 Å². The van der Waals surface area contributed by atoms with Gasteiger partial charge in [0.1, 0.15) is 12.2 Å². The monoisotopic (exact) mass is 364 g/mol. The SMILES string of the molecule is CC[C@]1(COC(=O)c2ccccc2)O[C@H](OC(C)=O)[C@H](OC(C)=O)[C@H]1C. The van der Waals surface area contributed by atoms with Crippen LogP contribution in [-0.2, 0) is 28.5 Å². The van der Waals surface area contributed by atoms with E-state index in [1.165, 1.54) is 13.8 Å². The number of hydrogen-bond donors (Lipinski definition) is 0. The second kappa shape index (κ2) is 8.31. The molecule has 0 spiro atoms. The lowest BCUT2D eigenvalue weighted by Crippen LogP contribution is -2.42. The summed E-state index contributed by atoms with van der Waals surface area (Å²) >= 11 is 0. The number of esters is 3. The van der Waals surface area contributed by atoms with Gasteiger partial charge in [-0.2, -0.15) is 0 Å². The summed E-state index contributed by atoms with van der Waals surface area (Å²) in [6.45, 7) is 6.16. The highest BCUT2D eigenvalue weighted by molar-refractivity contribution is 5.89. The summed E-state index contributed by atoms with van der Waals surface area (Å²) in [5, 5.41) is 0. The van der Waals surface area contributed by atoms with Crippen molar-refractivity contribution in [3.8, 4) is 0 Å². The summed E-state index contributed by atoms with van der Waals surface area (Å²) in [5.41, 5.74) is -0.498. The smallest absolute Gasteiger partial charge is 0.338 e. The van der Waals surface area contributed by atoms with Crippen LogP contribution in [0.1, 0.15) is 44.5 Å². The molecule has 0 aliphatic carbocycles. The molecule has 142 valence electrons. The van der Waals surface area contributed by atoms with Gasteiger partial charge in [-0.15, -0.1) is 0 Å². The van der Waals surface area contributed by atoms with Crippen molar-refractivity contribution in [1.29, 1.82) is 0 Å². The fourth-order valence-electron chi connectivity index (χ4n) is 3.06. The highest BCUT2D eigenvalue weighted by atomic mass is 16.7. The summed E-state index contributed by atoms with van der Waals surface area (Å²) in [6, 6.07) is 8.61. The molecular formula is C19H24O7. The standard InChI is InChI=1S/C19H24O7/c1-5-19(11-23-17(22)15-9-7-6-8-10-15)12(2)16(24-13(3)20)18(26-19)25-14(4)21/h6-10,12,16,18H,5,11H2,1-4H3/t12-,16-,18+,19-/m1/s1. The van der Waals surface area contributed by atoms with Gasteiger partial charge in [0, 0.05) is 19.8 Å². The van der Waals surface area contributed by atoms with E-state index in [0.717, 1.165) is 0 Å². The summed E-state index contributed by atoms with van der Waals surface area (Å²) in [5.74, 6) is -1.87. The molecule has 1 aliphatic heterocycles. The van der Waals surface area contributed by atoms with Crippen molar-refractivity contribution in [2.24, 2.45) is 5.92 Å². The van der Waals surface area contributed by atoms with E-state index in [1.54, 1.807) is 30.3 Å². The van der Waals surface area contributed by atoms with Crippen molar-refractivity contribution >= 4 is 17.9 Å². The highest BCUT2D eigenvalue weighted by Gasteiger charge is 2.55. The highest BCUT2D eigenvalue weighted by Crippen LogP contribution is 2.41. The number of rotatable bonds is 6. The van der Waals surface area contributed by atoms with Crippen LogP contribution in [0.2, 0.25) is 0 Å². The molecule has 2 rings (SSSR count). The van der Waals surface area contributed by atoms with E-state index in [0.29, 0.717) is 12.0 Å². The number of carbonyl (C=O) groups is 3. The third-order valence-electron chi connectivity index (χ3n) is 4.58. The molecule has 0 aromatic heterocycles. The maximum atomic E-state index is 12.2.